The van der Waals surface area contributed by atoms with Gasteiger partial charge in [0, 0.05) is 17.1 Å². The Labute approximate surface area is 155 Å². The van der Waals surface area contributed by atoms with Gasteiger partial charge in [0.2, 0.25) is 8.24 Å². The Morgan fingerprint density at radius 1 is 0.808 bits per heavy atom. The van der Waals surface area contributed by atoms with Crippen LogP contribution < -0.4 is 10.4 Å². The average Bonchev–Trinajstić information content (AvgIpc) is 3.08. The summed E-state index contributed by atoms with van der Waals surface area (Å²) in [5.41, 5.74) is 2.31. The molecule has 0 saturated heterocycles. The van der Waals surface area contributed by atoms with Gasteiger partial charge >= 0.3 is 0 Å². The zero-order valence-corrected chi connectivity index (χ0v) is 15.8. The Morgan fingerprint density at radius 3 is 1.92 bits per heavy atom. The number of nitriles is 1. The Kier molecular flexibility index (Phi) is 4.20. The highest BCUT2D eigenvalue weighted by Crippen LogP contribution is 2.25. The van der Waals surface area contributed by atoms with Crippen molar-refractivity contribution in [2.24, 2.45) is 0 Å². The van der Waals surface area contributed by atoms with E-state index in [9.17, 15) is 5.26 Å². The molecular weight excluding hydrogens is 332 g/mol. The molecule has 0 amide bonds. The third kappa shape index (κ3) is 2.56. The van der Waals surface area contributed by atoms with E-state index in [1.807, 2.05) is 0 Å². The highest BCUT2D eigenvalue weighted by molar-refractivity contribution is 7.00. The van der Waals surface area contributed by atoms with Crippen LogP contribution in [0.1, 0.15) is 5.56 Å². The molecule has 0 saturated carbocycles. The first-order valence-electron chi connectivity index (χ1n) is 8.82. The highest BCUT2D eigenvalue weighted by Gasteiger charge is 2.35. The van der Waals surface area contributed by atoms with E-state index in [0.717, 1.165) is 5.56 Å². The van der Waals surface area contributed by atoms with Gasteiger partial charge in [0.1, 0.15) is 0 Å². The minimum Gasteiger partial charge on any atom is -0.365 e. The number of nitrogens with zero attached hydrogens (tertiary/aromatic N) is 2. The molecule has 0 aliphatic heterocycles. The summed E-state index contributed by atoms with van der Waals surface area (Å²) >= 11 is 0. The van der Waals surface area contributed by atoms with E-state index in [-0.39, 0.29) is 0 Å². The Morgan fingerprint density at radius 2 is 1.35 bits per heavy atom. The van der Waals surface area contributed by atoms with Gasteiger partial charge < -0.3 is 4.23 Å². The third-order valence-electron chi connectivity index (χ3n) is 5.22. The first kappa shape index (κ1) is 16.4. The van der Waals surface area contributed by atoms with Crippen LogP contribution in [0.4, 0.5) is 0 Å². The van der Waals surface area contributed by atoms with Crippen molar-refractivity contribution in [1.82, 2.24) is 4.23 Å². The molecule has 3 heteroatoms. The molecule has 0 unspecified atom stereocenters. The number of fused-ring (bicyclic) bond motifs is 1. The lowest BCUT2D eigenvalue weighted by Gasteiger charge is -2.31. The van der Waals surface area contributed by atoms with Gasteiger partial charge in [0.25, 0.3) is 0 Å². The van der Waals surface area contributed by atoms with Gasteiger partial charge in [-0.2, -0.15) is 5.26 Å². The molecule has 0 aliphatic carbocycles. The predicted octanol–water partition coefficient (Wildman–Crippen LogP) is 3.95. The molecule has 0 radical (unpaired) electrons. The smallest absolute Gasteiger partial charge is 0.221 e. The Hall–Kier alpha value is -3.09. The van der Waals surface area contributed by atoms with E-state index in [1.165, 1.54) is 21.3 Å². The molecule has 0 N–H and O–H groups in total. The predicted molar refractivity (Wildman–Crippen MR) is 110 cm³/mol. The molecule has 0 spiro atoms. The minimum atomic E-state index is -2.24. The number of para-hydroxylation sites is 1. The second-order valence-electron chi connectivity index (χ2n) is 6.68. The van der Waals surface area contributed by atoms with E-state index in [4.69, 9.17) is 0 Å². The fourth-order valence-electron chi connectivity index (χ4n) is 3.82. The summed E-state index contributed by atoms with van der Waals surface area (Å²) in [4.78, 5) is 0. The fraction of sp³-hybridized carbons (Fsp3) is 0.0870. The van der Waals surface area contributed by atoms with Crippen LogP contribution in [-0.4, -0.2) is 12.5 Å². The third-order valence-corrected chi connectivity index (χ3v) is 9.47. The van der Waals surface area contributed by atoms with Gasteiger partial charge in [-0.05, 0) is 28.6 Å². The number of aromatic nitrogens is 1. The Balaban J connectivity index is 2.06. The van der Waals surface area contributed by atoms with Crippen molar-refractivity contribution in [2.75, 3.05) is 0 Å². The fourth-order valence-corrected chi connectivity index (χ4v) is 7.48. The van der Waals surface area contributed by atoms with Crippen molar-refractivity contribution in [3.05, 3.63) is 96.7 Å². The summed E-state index contributed by atoms with van der Waals surface area (Å²) in [6, 6.07) is 32.3. The summed E-state index contributed by atoms with van der Waals surface area (Å²) in [6.07, 6.45) is 2.64. The maximum atomic E-state index is 9.28. The van der Waals surface area contributed by atoms with Gasteiger partial charge in [-0.1, -0.05) is 78.9 Å². The van der Waals surface area contributed by atoms with E-state index in [1.54, 1.807) is 0 Å². The van der Waals surface area contributed by atoms with E-state index < -0.39 is 8.24 Å². The maximum absolute atomic E-state index is 9.28. The molecule has 126 valence electrons. The number of hydrogen-bond acceptors (Lipinski definition) is 1. The van der Waals surface area contributed by atoms with Gasteiger partial charge in [-0.15, -0.1) is 0 Å². The molecule has 2 nitrogen and oxygen atoms in total. The van der Waals surface area contributed by atoms with Crippen molar-refractivity contribution in [3.63, 3.8) is 0 Å². The van der Waals surface area contributed by atoms with Crippen molar-refractivity contribution in [1.29, 1.82) is 5.26 Å². The van der Waals surface area contributed by atoms with E-state index >= 15 is 0 Å². The van der Waals surface area contributed by atoms with Crippen molar-refractivity contribution >= 4 is 29.5 Å². The van der Waals surface area contributed by atoms with Crippen LogP contribution >= 0.6 is 0 Å². The van der Waals surface area contributed by atoms with Crippen LogP contribution in [0.5, 0.6) is 0 Å². The van der Waals surface area contributed by atoms with Crippen LogP contribution in [0.3, 0.4) is 0 Å². The lowest BCUT2D eigenvalue weighted by Crippen LogP contribution is -2.61. The van der Waals surface area contributed by atoms with Crippen molar-refractivity contribution in [2.45, 2.75) is 13.0 Å². The molecule has 1 heterocycles. The largest absolute Gasteiger partial charge is 0.365 e. The second-order valence-corrected chi connectivity index (χ2v) is 10.5. The monoisotopic (exact) mass is 352 g/mol. The molecular formula is C23H20N2Si. The molecule has 26 heavy (non-hydrogen) atoms. The van der Waals surface area contributed by atoms with Crippen molar-refractivity contribution < 1.29 is 0 Å². The molecule has 0 aliphatic rings. The topological polar surface area (TPSA) is 28.7 Å². The van der Waals surface area contributed by atoms with Gasteiger partial charge in [-0.25, -0.2) is 0 Å². The van der Waals surface area contributed by atoms with Crippen molar-refractivity contribution in [3.8, 4) is 6.07 Å². The van der Waals surface area contributed by atoms with Gasteiger partial charge in [-0.3, -0.25) is 0 Å². The standard InChI is InChI=1S/C23H20N2Si/c1-26(20-10-4-2-5-11-20,21-12-6-3-7-13-21)25-18-19(16-17-24)22-14-8-9-15-23(22)25/h2-15,18H,16H2,1H3. The summed E-state index contributed by atoms with van der Waals surface area (Å²) in [5.74, 6) is 0. The lowest BCUT2D eigenvalue weighted by atomic mass is 10.1. The zero-order valence-electron chi connectivity index (χ0n) is 14.8. The van der Waals surface area contributed by atoms with E-state index in [0.29, 0.717) is 6.42 Å². The summed E-state index contributed by atoms with van der Waals surface area (Å²) in [7, 11) is -2.24. The van der Waals surface area contributed by atoms with Gasteiger partial charge in [0.05, 0.1) is 12.5 Å². The minimum absolute atomic E-state index is 0.432. The zero-order chi connectivity index (χ0) is 18.0. The van der Waals surface area contributed by atoms with Crippen LogP contribution in [0.25, 0.3) is 10.9 Å². The molecule has 0 bridgehead atoms. The maximum Gasteiger partial charge on any atom is 0.221 e. The summed E-state index contributed by atoms with van der Waals surface area (Å²) in [6.45, 7) is 2.39. The number of benzene rings is 3. The molecule has 1 aromatic heterocycles. The number of hydrogen-bond donors (Lipinski definition) is 0. The SMILES string of the molecule is C[Si](c1ccccc1)(c1ccccc1)n1cc(CC#N)c2ccccc21. The van der Waals surface area contributed by atoms with E-state index in [2.05, 4.69) is 108 Å². The lowest BCUT2D eigenvalue weighted by molar-refractivity contribution is 1.19. The Bertz CT molecular complexity index is 1040. The molecule has 4 aromatic rings. The van der Waals surface area contributed by atoms with Crippen LogP contribution in [-0.2, 0) is 6.42 Å². The number of rotatable bonds is 4. The molecule has 0 fully saturated rings. The highest BCUT2D eigenvalue weighted by atomic mass is 28.3. The quantitative estimate of drug-likeness (QED) is 0.511. The first-order valence-corrected chi connectivity index (χ1v) is 11.3. The summed E-state index contributed by atoms with van der Waals surface area (Å²) < 4.78 is 2.46. The van der Waals surface area contributed by atoms with Gasteiger partial charge in [0.15, 0.2) is 0 Å². The molecule has 4 rings (SSSR count). The van der Waals surface area contributed by atoms with Crippen LogP contribution in [0.15, 0.2) is 91.1 Å². The molecule has 0 atom stereocenters. The second kappa shape index (κ2) is 6.66. The molecule has 3 aromatic carbocycles. The normalized spacial score (nSPS) is 11.4. The van der Waals surface area contributed by atoms with Crippen LogP contribution in [0, 0.1) is 11.3 Å². The first-order chi connectivity index (χ1) is 12.7. The average molecular weight is 353 g/mol. The van der Waals surface area contributed by atoms with Crippen LogP contribution in [0.2, 0.25) is 6.55 Å². The summed E-state index contributed by atoms with van der Waals surface area (Å²) in [5, 5.41) is 13.2.